The molecule has 0 bridgehead atoms. The van der Waals surface area contributed by atoms with Crippen LogP contribution in [0.15, 0.2) is 0 Å². The van der Waals surface area contributed by atoms with Gasteiger partial charge in [0.2, 0.25) is 0 Å². The maximum Gasteiger partial charge on any atom is 0.0891 e. The molecule has 0 atom stereocenters. The van der Waals surface area contributed by atoms with E-state index in [1.807, 2.05) is 0 Å². The van der Waals surface area contributed by atoms with E-state index in [1.165, 1.54) is 0 Å². The van der Waals surface area contributed by atoms with Crippen LogP contribution in [0.5, 0.6) is 0 Å². The Kier molecular flexibility index (Phi) is 4.73. The summed E-state index contributed by atoms with van der Waals surface area (Å²) in [6.45, 7) is 5.16. The van der Waals surface area contributed by atoms with Gasteiger partial charge in [-0.25, -0.2) is 0 Å². The van der Waals surface area contributed by atoms with Gasteiger partial charge in [-0.15, -0.1) is 0 Å². The van der Waals surface area contributed by atoms with Gasteiger partial charge in [0.25, 0.3) is 0 Å². The zero-order chi connectivity index (χ0) is 12.3. The smallest absolute Gasteiger partial charge is 0.0891 e. The van der Waals surface area contributed by atoms with Gasteiger partial charge in [0.05, 0.1) is 46.7 Å². The van der Waals surface area contributed by atoms with Gasteiger partial charge >= 0.3 is 0 Å². The molecule has 0 amide bonds. The van der Waals surface area contributed by atoms with Crippen LogP contribution in [0.2, 0.25) is 0 Å². The first-order valence-corrected chi connectivity index (χ1v) is 5.61. The van der Waals surface area contributed by atoms with Crippen LogP contribution in [0.3, 0.4) is 0 Å². The topological polar surface area (TPSA) is 46.1 Å². The Hall–Kier alpha value is -0.160. The lowest BCUT2D eigenvalue weighted by Gasteiger charge is -2.47. The summed E-state index contributed by atoms with van der Waals surface area (Å²) in [5, 5.41) is 23.5. The lowest BCUT2D eigenvalue weighted by molar-refractivity contribution is -0.874. The van der Waals surface area contributed by atoms with Gasteiger partial charge in [-0.05, 0) is 12.8 Å². The van der Waals surface area contributed by atoms with Crippen molar-refractivity contribution in [3.63, 3.8) is 0 Å². The third-order valence-electron chi connectivity index (χ3n) is 2.93. The minimum absolute atomic E-state index is 0.128. The molecule has 0 radical (unpaired) electrons. The van der Waals surface area contributed by atoms with E-state index in [0.29, 0.717) is 13.1 Å². The molecule has 0 aliphatic heterocycles. The summed E-state index contributed by atoms with van der Waals surface area (Å²) in [6.07, 6.45) is 1.77. The van der Waals surface area contributed by atoms with Crippen molar-refractivity contribution in [2.45, 2.75) is 26.7 Å². The Bertz CT molecular complexity index is 170. The van der Waals surface area contributed by atoms with Crippen LogP contribution < -0.4 is 0 Å². The highest BCUT2D eigenvalue weighted by Crippen LogP contribution is 2.31. The molecule has 0 aromatic heterocycles. The Morgan fingerprint density at radius 1 is 0.800 bits per heavy atom. The molecule has 0 aliphatic rings. The minimum atomic E-state index is -0.318. The maximum atomic E-state index is 11.8. The summed E-state index contributed by atoms with van der Waals surface area (Å²) < 4.78 is -0.636. The molecule has 0 aliphatic carbocycles. The van der Waals surface area contributed by atoms with Crippen molar-refractivity contribution < 1.29 is 9.29 Å². The number of quaternary nitrogens is 2. The van der Waals surface area contributed by atoms with Gasteiger partial charge in [-0.2, -0.15) is 0 Å². The van der Waals surface area contributed by atoms with E-state index in [0.717, 1.165) is 12.8 Å². The van der Waals surface area contributed by atoms with Crippen LogP contribution in [-0.2, 0) is 0 Å². The van der Waals surface area contributed by atoms with Crippen molar-refractivity contribution in [3.8, 4) is 0 Å². The molecule has 4 heteroatoms. The second kappa shape index (κ2) is 4.78. The fraction of sp³-hybridized carbons (Fsp3) is 1.00. The van der Waals surface area contributed by atoms with E-state index in [2.05, 4.69) is 13.8 Å². The van der Waals surface area contributed by atoms with Crippen LogP contribution in [0.1, 0.15) is 26.7 Å². The molecule has 0 aromatic carbocycles. The van der Waals surface area contributed by atoms with Gasteiger partial charge in [-0.1, -0.05) is 13.8 Å². The highest BCUT2D eigenvalue weighted by Gasteiger charge is 2.35. The van der Waals surface area contributed by atoms with Gasteiger partial charge in [0, 0.05) is 0 Å². The van der Waals surface area contributed by atoms with Crippen molar-refractivity contribution in [1.29, 1.82) is 0 Å². The summed E-state index contributed by atoms with van der Waals surface area (Å²) in [4.78, 5) is 0. The van der Waals surface area contributed by atoms with Crippen LogP contribution in [-0.4, -0.2) is 50.6 Å². The first kappa shape index (κ1) is 14.8. The Labute approximate surface area is 93.8 Å². The van der Waals surface area contributed by atoms with Crippen molar-refractivity contribution in [2.75, 3.05) is 41.3 Å². The first-order valence-electron chi connectivity index (χ1n) is 5.61. The van der Waals surface area contributed by atoms with E-state index < -0.39 is 0 Å². The molecule has 0 fully saturated rings. The van der Waals surface area contributed by atoms with Crippen molar-refractivity contribution in [1.82, 2.24) is 0 Å². The van der Waals surface area contributed by atoms with Gasteiger partial charge < -0.3 is 19.7 Å². The number of nitrogens with zero attached hydrogens (tertiary/aromatic N) is 2. The van der Waals surface area contributed by atoms with E-state index in [4.69, 9.17) is 0 Å². The van der Waals surface area contributed by atoms with E-state index in [-0.39, 0.29) is 14.7 Å². The lowest BCUT2D eigenvalue weighted by atomic mass is 9.81. The van der Waals surface area contributed by atoms with Gasteiger partial charge in [-0.3, -0.25) is 0 Å². The maximum absolute atomic E-state index is 11.8. The van der Waals surface area contributed by atoms with E-state index in [1.54, 1.807) is 28.2 Å². The van der Waals surface area contributed by atoms with E-state index in [9.17, 15) is 10.4 Å². The average molecular weight is 218 g/mol. The second-order valence-electron chi connectivity index (χ2n) is 5.67. The molecular weight excluding hydrogens is 192 g/mol. The Morgan fingerprint density at radius 2 is 1.07 bits per heavy atom. The molecular formula is C11H26N2O2. The molecule has 0 saturated heterocycles. The van der Waals surface area contributed by atoms with Crippen LogP contribution >= 0.6 is 0 Å². The third-order valence-corrected chi connectivity index (χ3v) is 2.93. The minimum Gasteiger partial charge on any atom is -0.633 e. The normalized spacial score (nSPS) is 14.4. The van der Waals surface area contributed by atoms with Crippen molar-refractivity contribution in [2.24, 2.45) is 5.41 Å². The zero-order valence-electron chi connectivity index (χ0n) is 11.0. The SMILES string of the molecule is CCC(CC)(C[N+](C)(C)[O-])C[N+](C)(C)[O-]. The summed E-state index contributed by atoms with van der Waals surface area (Å²) in [6, 6.07) is 0. The lowest BCUT2D eigenvalue weighted by Crippen LogP contribution is -2.51. The molecule has 0 heterocycles. The quantitative estimate of drug-likeness (QED) is 0.505. The Morgan fingerprint density at radius 3 is 1.20 bits per heavy atom. The largest absolute Gasteiger partial charge is 0.633 e. The molecule has 0 aromatic rings. The van der Waals surface area contributed by atoms with Crippen molar-refractivity contribution >= 4 is 0 Å². The molecule has 4 nitrogen and oxygen atoms in total. The first-order chi connectivity index (χ1) is 6.54. The number of hydrogen-bond donors (Lipinski definition) is 0. The highest BCUT2D eigenvalue weighted by molar-refractivity contribution is 4.76. The summed E-state index contributed by atoms with van der Waals surface area (Å²) in [7, 11) is 6.57. The molecule has 0 spiro atoms. The summed E-state index contributed by atoms with van der Waals surface area (Å²) in [5.74, 6) is 0. The molecule has 0 rings (SSSR count). The third kappa shape index (κ3) is 6.10. The Balaban J connectivity index is 4.74. The van der Waals surface area contributed by atoms with Crippen LogP contribution in [0.25, 0.3) is 0 Å². The predicted molar refractivity (Wildman–Crippen MR) is 63.7 cm³/mol. The molecule has 92 valence electrons. The summed E-state index contributed by atoms with van der Waals surface area (Å²) >= 11 is 0. The number of hydroxylamine groups is 6. The molecule has 15 heavy (non-hydrogen) atoms. The zero-order valence-corrected chi connectivity index (χ0v) is 11.0. The molecule has 0 saturated carbocycles. The number of rotatable bonds is 6. The second-order valence-corrected chi connectivity index (χ2v) is 5.67. The fourth-order valence-corrected chi connectivity index (χ4v) is 2.36. The molecule has 0 unspecified atom stereocenters. The van der Waals surface area contributed by atoms with Crippen LogP contribution in [0, 0.1) is 15.8 Å². The van der Waals surface area contributed by atoms with Crippen LogP contribution in [0.4, 0.5) is 0 Å². The van der Waals surface area contributed by atoms with Gasteiger partial charge in [0.15, 0.2) is 0 Å². The van der Waals surface area contributed by atoms with Gasteiger partial charge in [0.1, 0.15) is 0 Å². The predicted octanol–water partition coefficient (Wildman–Crippen LogP) is 1.94. The van der Waals surface area contributed by atoms with E-state index >= 15 is 0 Å². The van der Waals surface area contributed by atoms with Crippen molar-refractivity contribution in [3.05, 3.63) is 10.4 Å². The molecule has 0 N–H and O–H groups in total. The monoisotopic (exact) mass is 218 g/mol. The summed E-state index contributed by atoms with van der Waals surface area (Å²) in [5.41, 5.74) is -0.128. The standard InChI is InChI=1S/C11H26N2O2/c1-7-11(8-2,9-12(3,4)14)10-13(5,6)15/h7-10H2,1-6H3. The average Bonchev–Trinajstić information content (AvgIpc) is 1.98. The number of hydrogen-bond acceptors (Lipinski definition) is 2. The fourth-order valence-electron chi connectivity index (χ4n) is 2.36. The highest BCUT2D eigenvalue weighted by atomic mass is 16.5.